The van der Waals surface area contributed by atoms with Crippen molar-refractivity contribution in [1.29, 1.82) is 0 Å². The van der Waals surface area contributed by atoms with Crippen molar-refractivity contribution in [1.82, 2.24) is 0 Å². The molecule has 3 heteroatoms. The van der Waals surface area contributed by atoms with Crippen LogP contribution in [-0.4, -0.2) is 19.3 Å². The Morgan fingerprint density at radius 3 is 2.32 bits per heavy atom. The second kappa shape index (κ2) is 6.24. The number of benzene rings is 2. The van der Waals surface area contributed by atoms with Crippen LogP contribution in [0.2, 0.25) is 0 Å². The van der Waals surface area contributed by atoms with Gasteiger partial charge in [0.05, 0.1) is 14.2 Å². The molecule has 3 nitrogen and oxygen atoms in total. The number of ether oxygens (including phenoxy) is 2. The van der Waals surface area contributed by atoms with Crippen molar-refractivity contribution >= 4 is 5.57 Å². The largest absolute Gasteiger partial charge is 0.497 e. The Kier molecular flexibility index (Phi) is 4.16. The molecule has 0 spiro atoms. The molecule has 0 fully saturated rings. The fraction of sp³-hybridized carbons (Fsp3) is 0.263. The van der Waals surface area contributed by atoms with Crippen LogP contribution < -0.4 is 9.47 Å². The average molecular weight is 296 g/mol. The highest BCUT2D eigenvalue weighted by Crippen LogP contribution is 2.37. The lowest BCUT2D eigenvalue weighted by atomic mass is 9.85. The van der Waals surface area contributed by atoms with E-state index in [9.17, 15) is 5.11 Å². The maximum absolute atomic E-state index is 10.7. The third kappa shape index (κ3) is 2.72. The molecule has 1 N–H and O–H groups in total. The minimum Gasteiger partial charge on any atom is -0.497 e. The summed E-state index contributed by atoms with van der Waals surface area (Å²) >= 11 is 0. The number of aryl methyl sites for hydroxylation is 1. The van der Waals surface area contributed by atoms with Gasteiger partial charge in [-0.1, -0.05) is 24.3 Å². The Morgan fingerprint density at radius 1 is 0.955 bits per heavy atom. The van der Waals surface area contributed by atoms with Crippen LogP contribution in [0.15, 0.2) is 48.5 Å². The smallest absolute Gasteiger partial charge is 0.119 e. The molecule has 0 aliphatic heterocycles. The maximum atomic E-state index is 10.7. The molecule has 1 aliphatic rings. The standard InChI is InChI=1S/C19H20O3/c1-21-15-8-6-13(7-9-15)19(20)18-5-3-4-14-12-16(22-2)10-11-17(14)18/h5-12,19-20H,3-4H2,1-2H3. The van der Waals surface area contributed by atoms with Crippen molar-refractivity contribution in [3.63, 3.8) is 0 Å². The number of fused-ring (bicyclic) bond motifs is 1. The van der Waals surface area contributed by atoms with Crippen molar-refractivity contribution in [2.45, 2.75) is 18.9 Å². The summed E-state index contributed by atoms with van der Waals surface area (Å²) in [6, 6.07) is 13.6. The van der Waals surface area contributed by atoms with Gasteiger partial charge in [0.2, 0.25) is 0 Å². The highest BCUT2D eigenvalue weighted by atomic mass is 16.5. The first kappa shape index (κ1) is 14.7. The molecule has 0 aromatic heterocycles. The van der Waals surface area contributed by atoms with Crippen LogP contribution in [0.3, 0.4) is 0 Å². The molecule has 3 rings (SSSR count). The zero-order valence-corrected chi connectivity index (χ0v) is 12.9. The van der Waals surface area contributed by atoms with Gasteiger partial charge in [-0.2, -0.15) is 0 Å². The van der Waals surface area contributed by atoms with Gasteiger partial charge in [0, 0.05) is 0 Å². The molecule has 0 heterocycles. The van der Waals surface area contributed by atoms with E-state index in [1.54, 1.807) is 14.2 Å². The van der Waals surface area contributed by atoms with E-state index in [-0.39, 0.29) is 0 Å². The van der Waals surface area contributed by atoms with Gasteiger partial charge in [0.1, 0.15) is 17.6 Å². The predicted molar refractivity (Wildman–Crippen MR) is 87.2 cm³/mol. The van der Waals surface area contributed by atoms with Gasteiger partial charge in [-0.15, -0.1) is 0 Å². The van der Waals surface area contributed by atoms with Gasteiger partial charge in [-0.3, -0.25) is 0 Å². The van der Waals surface area contributed by atoms with Gasteiger partial charge in [-0.05, 0) is 59.4 Å². The Morgan fingerprint density at radius 2 is 1.64 bits per heavy atom. The van der Waals surface area contributed by atoms with Crippen LogP contribution >= 0.6 is 0 Å². The SMILES string of the molecule is COc1ccc(C(O)C2=CCCc3cc(OC)ccc32)cc1. The highest BCUT2D eigenvalue weighted by molar-refractivity contribution is 5.74. The molecule has 2 aromatic carbocycles. The molecule has 0 amide bonds. The third-order valence-electron chi connectivity index (χ3n) is 4.13. The zero-order chi connectivity index (χ0) is 15.5. The van der Waals surface area contributed by atoms with E-state index in [2.05, 4.69) is 12.1 Å². The Bertz CT molecular complexity index is 686. The number of aliphatic hydroxyl groups excluding tert-OH is 1. The number of hydrogen-bond donors (Lipinski definition) is 1. The lowest BCUT2D eigenvalue weighted by molar-refractivity contribution is 0.237. The van der Waals surface area contributed by atoms with E-state index in [4.69, 9.17) is 9.47 Å². The summed E-state index contributed by atoms with van der Waals surface area (Å²) in [6.07, 6.45) is 3.41. The molecule has 1 unspecified atom stereocenters. The summed E-state index contributed by atoms with van der Waals surface area (Å²) in [5, 5.41) is 10.7. The lowest BCUT2D eigenvalue weighted by Gasteiger charge is -2.23. The Hall–Kier alpha value is -2.26. The predicted octanol–water partition coefficient (Wildman–Crippen LogP) is 3.77. The van der Waals surface area contributed by atoms with Crippen LogP contribution in [0, 0.1) is 0 Å². The van der Waals surface area contributed by atoms with Crippen LogP contribution in [0.1, 0.15) is 29.2 Å². The number of aliphatic hydroxyl groups is 1. The quantitative estimate of drug-likeness (QED) is 0.933. The molecule has 0 radical (unpaired) electrons. The second-order valence-electron chi connectivity index (χ2n) is 5.40. The fourth-order valence-electron chi connectivity index (χ4n) is 2.90. The Balaban J connectivity index is 1.93. The second-order valence-corrected chi connectivity index (χ2v) is 5.40. The first-order valence-electron chi connectivity index (χ1n) is 7.42. The van der Waals surface area contributed by atoms with Crippen LogP contribution in [-0.2, 0) is 6.42 Å². The summed E-state index contributed by atoms with van der Waals surface area (Å²) in [7, 11) is 3.31. The molecule has 1 atom stereocenters. The fourth-order valence-corrected chi connectivity index (χ4v) is 2.90. The van der Waals surface area contributed by atoms with Crippen molar-refractivity contribution < 1.29 is 14.6 Å². The van der Waals surface area contributed by atoms with Gasteiger partial charge in [0.15, 0.2) is 0 Å². The number of methoxy groups -OCH3 is 2. The molecular weight excluding hydrogens is 276 g/mol. The minimum absolute atomic E-state index is 0.627. The van der Waals surface area contributed by atoms with E-state index in [1.165, 1.54) is 5.56 Å². The molecule has 0 saturated carbocycles. The van der Waals surface area contributed by atoms with Gasteiger partial charge in [0.25, 0.3) is 0 Å². The van der Waals surface area contributed by atoms with Crippen molar-refractivity contribution in [2.24, 2.45) is 0 Å². The summed E-state index contributed by atoms with van der Waals surface area (Å²) in [5.41, 5.74) is 4.17. The summed E-state index contributed by atoms with van der Waals surface area (Å²) in [4.78, 5) is 0. The summed E-state index contributed by atoms with van der Waals surface area (Å²) < 4.78 is 10.5. The Labute approximate surface area is 130 Å². The summed E-state index contributed by atoms with van der Waals surface area (Å²) in [5.74, 6) is 1.65. The highest BCUT2D eigenvalue weighted by Gasteiger charge is 2.21. The monoisotopic (exact) mass is 296 g/mol. The van der Waals surface area contributed by atoms with Crippen molar-refractivity contribution in [2.75, 3.05) is 14.2 Å². The molecule has 1 aliphatic carbocycles. The molecule has 0 saturated heterocycles. The molecule has 114 valence electrons. The molecule has 0 bridgehead atoms. The van der Waals surface area contributed by atoms with E-state index in [1.807, 2.05) is 36.4 Å². The zero-order valence-electron chi connectivity index (χ0n) is 12.9. The van der Waals surface area contributed by atoms with E-state index in [0.717, 1.165) is 41.0 Å². The van der Waals surface area contributed by atoms with E-state index in [0.29, 0.717) is 0 Å². The number of hydrogen-bond acceptors (Lipinski definition) is 3. The van der Waals surface area contributed by atoms with Gasteiger partial charge < -0.3 is 14.6 Å². The van der Waals surface area contributed by atoms with Crippen molar-refractivity contribution in [3.8, 4) is 11.5 Å². The molecule has 22 heavy (non-hydrogen) atoms. The first-order valence-corrected chi connectivity index (χ1v) is 7.42. The van der Waals surface area contributed by atoms with Crippen LogP contribution in [0.5, 0.6) is 11.5 Å². The van der Waals surface area contributed by atoms with Crippen LogP contribution in [0.4, 0.5) is 0 Å². The maximum Gasteiger partial charge on any atom is 0.119 e. The molecular formula is C19H20O3. The normalized spacial score (nSPS) is 14.8. The first-order chi connectivity index (χ1) is 10.7. The molecule has 2 aromatic rings. The lowest BCUT2D eigenvalue weighted by Crippen LogP contribution is -2.07. The average Bonchev–Trinajstić information content (AvgIpc) is 2.60. The topological polar surface area (TPSA) is 38.7 Å². The van der Waals surface area contributed by atoms with Gasteiger partial charge >= 0.3 is 0 Å². The van der Waals surface area contributed by atoms with E-state index >= 15 is 0 Å². The third-order valence-corrected chi connectivity index (χ3v) is 4.13. The van der Waals surface area contributed by atoms with Gasteiger partial charge in [-0.25, -0.2) is 0 Å². The minimum atomic E-state index is -0.627. The van der Waals surface area contributed by atoms with Crippen LogP contribution in [0.25, 0.3) is 5.57 Å². The summed E-state index contributed by atoms with van der Waals surface area (Å²) in [6.45, 7) is 0. The van der Waals surface area contributed by atoms with Crippen molar-refractivity contribution in [3.05, 3.63) is 65.2 Å². The number of rotatable bonds is 4. The number of allylic oxidation sites excluding steroid dienone is 1. The van der Waals surface area contributed by atoms with E-state index < -0.39 is 6.10 Å².